The molecule has 0 spiro atoms. The van der Waals surface area contributed by atoms with E-state index in [0.29, 0.717) is 0 Å². The van der Waals surface area contributed by atoms with Crippen LogP contribution >= 0.6 is 0 Å². The smallest absolute Gasteiger partial charge is 0.147 e. The summed E-state index contributed by atoms with van der Waals surface area (Å²) in [6.07, 6.45) is 4.00. The molecule has 1 aromatic heterocycles. The number of fused-ring (bicyclic) bond motifs is 3. The summed E-state index contributed by atoms with van der Waals surface area (Å²) in [5.74, 6) is 0. The van der Waals surface area contributed by atoms with E-state index >= 15 is 0 Å². The lowest BCUT2D eigenvalue weighted by molar-refractivity contribution is 0.569. The summed E-state index contributed by atoms with van der Waals surface area (Å²) in [6.45, 7) is 6.56. The molecule has 3 aromatic rings. The Labute approximate surface area is 160 Å². The minimum atomic E-state index is 0.0271. The highest BCUT2D eigenvalue weighted by Crippen LogP contribution is 2.39. The Bertz CT molecular complexity index is 965. The fourth-order valence-corrected chi connectivity index (χ4v) is 4.36. The van der Waals surface area contributed by atoms with E-state index in [0.717, 1.165) is 5.69 Å². The van der Waals surface area contributed by atoms with Gasteiger partial charge in [0.2, 0.25) is 0 Å². The number of hydrogen-bond donors (Lipinski definition) is 1. The van der Waals surface area contributed by atoms with Gasteiger partial charge in [-0.3, -0.25) is 0 Å². The summed E-state index contributed by atoms with van der Waals surface area (Å²) in [4.78, 5) is 2.50. The fraction of sp³-hybridized carbons (Fsp3) is 0.348. The SMILES string of the molecule is Cc1ccc2c(c1)-c1cc(C)nn1C(c1ccc(N3CCCCC3)cc1)N2. The van der Waals surface area contributed by atoms with E-state index < -0.39 is 0 Å². The van der Waals surface area contributed by atoms with Gasteiger partial charge in [0.1, 0.15) is 6.17 Å². The van der Waals surface area contributed by atoms with Crippen LogP contribution in [0.3, 0.4) is 0 Å². The van der Waals surface area contributed by atoms with Gasteiger partial charge in [-0.1, -0.05) is 23.8 Å². The maximum absolute atomic E-state index is 4.79. The van der Waals surface area contributed by atoms with Crippen molar-refractivity contribution in [1.29, 1.82) is 0 Å². The molecule has 5 rings (SSSR count). The van der Waals surface area contributed by atoms with Crippen LogP contribution in [0.5, 0.6) is 0 Å². The largest absolute Gasteiger partial charge is 0.372 e. The summed E-state index contributed by atoms with van der Waals surface area (Å²) < 4.78 is 2.13. The van der Waals surface area contributed by atoms with Gasteiger partial charge >= 0.3 is 0 Å². The van der Waals surface area contributed by atoms with Gasteiger partial charge in [-0.2, -0.15) is 5.10 Å². The quantitative estimate of drug-likeness (QED) is 0.689. The molecule has 3 heterocycles. The monoisotopic (exact) mass is 358 g/mol. The first kappa shape index (κ1) is 16.4. The predicted molar refractivity (Wildman–Crippen MR) is 111 cm³/mol. The third-order valence-electron chi connectivity index (χ3n) is 5.78. The van der Waals surface area contributed by atoms with Gasteiger partial charge in [-0.15, -0.1) is 0 Å². The molecule has 138 valence electrons. The molecule has 1 atom stereocenters. The van der Waals surface area contributed by atoms with Gasteiger partial charge in [-0.05, 0) is 69.0 Å². The first-order chi connectivity index (χ1) is 13.2. The number of aryl methyl sites for hydroxylation is 2. The van der Waals surface area contributed by atoms with Crippen molar-refractivity contribution in [2.75, 3.05) is 23.3 Å². The van der Waals surface area contributed by atoms with Crippen LogP contribution in [-0.4, -0.2) is 22.9 Å². The molecular weight excluding hydrogens is 332 g/mol. The highest BCUT2D eigenvalue weighted by atomic mass is 15.4. The Balaban J connectivity index is 1.51. The van der Waals surface area contributed by atoms with Crippen molar-refractivity contribution in [2.45, 2.75) is 39.3 Å². The molecule has 2 aliphatic rings. The molecule has 1 fully saturated rings. The molecule has 1 saturated heterocycles. The van der Waals surface area contributed by atoms with Crippen LogP contribution in [0.2, 0.25) is 0 Å². The van der Waals surface area contributed by atoms with Crippen molar-refractivity contribution in [2.24, 2.45) is 0 Å². The molecule has 4 nitrogen and oxygen atoms in total. The van der Waals surface area contributed by atoms with Gasteiger partial charge in [0.25, 0.3) is 0 Å². The van der Waals surface area contributed by atoms with Gasteiger partial charge < -0.3 is 10.2 Å². The van der Waals surface area contributed by atoms with E-state index in [1.807, 2.05) is 0 Å². The molecule has 4 heteroatoms. The summed E-state index contributed by atoms with van der Waals surface area (Å²) in [5, 5.41) is 8.49. The zero-order chi connectivity index (χ0) is 18.4. The number of benzene rings is 2. The van der Waals surface area contributed by atoms with Crippen molar-refractivity contribution in [3.8, 4) is 11.3 Å². The Morgan fingerprint density at radius 3 is 2.48 bits per heavy atom. The standard InChI is InChI=1S/C23H26N4/c1-16-6-11-21-20(14-16)22-15-17(2)25-27(22)23(24-21)18-7-9-19(10-8-18)26-12-4-3-5-13-26/h6-11,14-15,23-24H,3-5,12-13H2,1-2H3. The summed E-state index contributed by atoms with van der Waals surface area (Å²) in [6, 6.07) is 17.8. The van der Waals surface area contributed by atoms with Crippen LogP contribution in [-0.2, 0) is 0 Å². The van der Waals surface area contributed by atoms with Crippen LogP contribution in [0.25, 0.3) is 11.3 Å². The molecule has 1 unspecified atom stereocenters. The second-order valence-corrected chi connectivity index (χ2v) is 7.85. The van der Waals surface area contributed by atoms with Gasteiger partial charge in [-0.25, -0.2) is 4.68 Å². The molecule has 2 aromatic carbocycles. The normalized spacial score (nSPS) is 18.6. The third-order valence-corrected chi connectivity index (χ3v) is 5.78. The van der Waals surface area contributed by atoms with Gasteiger partial charge in [0, 0.05) is 30.0 Å². The molecule has 2 aliphatic heterocycles. The Morgan fingerprint density at radius 2 is 1.70 bits per heavy atom. The molecule has 27 heavy (non-hydrogen) atoms. The topological polar surface area (TPSA) is 33.1 Å². The van der Waals surface area contributed by atoms with Crippen LogP contribution in [0, 0.1) is 13.8 Å². The first-order valence-corrected chi connectivity index (χ1v) is 9.98. The van der Waals surface area contributed by atoms with Crippen molar-refractivity contribution in [1.82, 2.24) is 9.78 Å². The highest BCUT2D eigenvalue weighted by Gasteiger charge is 2.26. The first-order valence-electron chi connectivity index (χ1n) is 9.98. The number of piperidine rings is 1. The minimum Gasteiger partial charge on any atom is -0.372 e. The number of anilines is 2. The van der Waals surface area contributed by atoms with Crippen molar-refractivity contribution in [3.05, 3.63) is 65.4 Å². The van der Waals surface area contributed by atoms with Crippen molar-refractivity contribution < 1.29 is 0 Å². The fourth-order valence-electron chi connectivity index (χ4n) is 4.36. The van der Waals surface area contributed by atoms with E-state index in [-0.39, 0.29) is 6.17 Å². The molecule has 0 radical (unpaired) electrons. The third kappa shape index (κ3) is 2.89. The van der Waals surface area contributed by atoms with E-state index in [1.165, 1.54) is 66.1 Å². The van der Waals surface area contributed by atoms with Crippen LogP contribution < -0.4 is 10.2 Å². The van der Waals surface area contributed by atoms with Gasteiger partial charge in [0.05, 0.1) is 11.4 Å². The lowest BCUT2D eigenvalue weighted by Gasteiger charge is -2.31. The molecule has 1 N–H and O–H groups in total. The maximum Gasteiger partial charge on any atom is 0.147 e. The number of aromatic nitrogens is 2. The molecule has 0 amide bonds. The van der Waals surface area contributed by atoms with Gasteiger partial charge in [0.15, 0.2) is 0 Å². The minimum absolute atomic E-state index is 0.0271. The molecule has 0 saturated carbocycles. The summed E-state index contributed by atoms with van der Waals surface area (Å²) in [5.41, 5.74) is 8.50. The number of nitrogens with one attached hydrogen (secondary N) is 1. The van der Waals surface area contributed by atoms with Crippen LogP contribution in [0.15, 0.2) is 48.5 Å². The number of nitrogens with zero attached hydrogens (tertiary/aromatic N) is 3. The predicted octanol–water partition coefficient (Wildman–Crippen LogP) is 5.13. The Hall–Kier alpha value is -2.75. The second kappa shape index (κ2) is 6.45. The van der Waals surface area contributed by atoms with Crippen molar-refractivity contribution >= 4 is 11.4 Å². The van der Waals surface area contributed by atoms with E-state index in [4.69, 9.17) is 5.10 Å². The summed E-state index contributed by atoms with van der Waals surface area (Å²) in [7, 11) is 0. The second-order valence-electron chi connectivity index (χ2n) is 7.85. The lowest BCUT2D eigenvalue weighted by Crippen LogP contribution is -2.29. The molecule has 0 aliphatic carbocycles. The van der Waals surface area contributed by atoms with E-state index in [9.17, 15) is 0 Å². The number of hydrogen-bond acceptors (Lipinski definition) is 3. The number of rotatable bonds is 2. The molecule has 0 bridgehead atoms. The summed E-state index contributed by atoms with van der Waals surface area (Å²) >= 11 is 0. The average Bonchev–Trinajstić information content (AvgIpc) is 3.10. The highest BCUT2D eigenvalue weighted by molar-refractivity contribution is 5.79. The lowest BCUT2D eigenvalue weighted by atomic mass is 10.0. The van der Waals surface area contributed by atoms with Crippen molar-refractivity contribution in [3.63, 3.8) is 0 Å². The maximum atomic E-state index is 4.79. The zero-order valence-electron chi connectivity index (χ0n) is 16.1. The average molecular weight is 358 g/mol. The van der Waals surface area contributed by atoms with Crippen LogP contribution in [0.1, 0.15) is 42.2 Å². The van der Waals surface area contributed by atoms with E-state index in [1.54, 1.807) is 0 Å². The van der Waals surface area contributed by atoms with E-state index in [2.05, 4.69) is 77.3 Å². The Kier molecular flexibility index (Phi) is 3.92. The Morgan fingerprint density at radius 1 is 0.926 bits per heavy atom. The van der Waals surface area contributed by atoms with Crippen LogP contribution in [0.4, 0.5) is 11.4 Å². The zero-order valence-corrected chi connectivity index (χ0v) is 16.1. The molecular formula is C23H26N4.